The molecule has 5 atom stereocenters. The molecule has 5 unspecified atom stereocenters. The summed E-state index contributed by atoms with van der Waals surface area (Å²) in [5.74, 6) is -2.54. The molecule has 13 nitrogen and oxygen atoms in total. The Hall–Kier alpha value is -3.16. The molecule has 0 aliphatic rings. The van der Waals surface area contributed by atoms with E-state index < -0.39 is 69.9 Å². The topological polar surface area (TPSA) is 212 Å². The van der Waals surface area contributed by atoms with Gasteiger partial charge in [0.2, 0.25) is 0 Å². The number of unbranched alkanes of at least 4 members (excludes halogenated alkanes) is 11. The van der Waals surface area contributed by atoms with Crippen LogP contribution in [0, 0.1) is 0 Å². The van der Waals surface area contributed by atoms with Gasteiger partial charge in [0.15, 0.2) is 6.10 Å². The molecule has 0 fully saturated rings. The Morgan fingerprint density at radius 3 is 1.62 bits per heavy atom. The number of carbonyl (C=O) groups is 3. The molecule has 344 valence electrons. The average molecular weight is 868 g/mol. The zero-order valence-electron chi connectivity index (χ0n) is 36.5. The Balaban J connectivity index is 4.54. The first-order valence-electron chi connectivity index (χ1n) is 22.1. The van der Waals surface area contributed by atoms with Gasteiger partial charge in [-0.05, 0) is 77.0 Å². The fourth-order valence-electron chi connectivity index (χ4n) is 5.49. The van der Waals surface area contributed by atoms with Crippen LogP contribution >= 0.6 is 7.82 Å². The molecule has 0 spiro atoms. The number of rotatable bonds is 40. The van der Waals surface area contributed by atoms with Crippen molar-refractivity contribution in [2.75, 3.05) is 19.8 Å². The summed E-state index contributed by atoms with van der Waals surface area (Å²) in [6, 6.07) is -1.55. The van der Waals surface area contributed by atoms with E-state index in [1.54, 1.807) is 0 Å². The summed E-state index contributed by atoms with van der Waals surface area (Å²) in [5.41, 5.74) is 5.32. The van der Waals surface area contributed by atoms with Gasteiger partial charge < -0.3 is 35.4 Å². The first-order valence-corrected chi connectivity index (χ1v) is 23.6. The fraction of sp³-hybridized carbons (Fsp3) is 0.674. The second-order valence-corrected chi connectivity index (χ2v) is 16.2. The molecule has 0 aliphatic carbocycles. The maximum Gasteiger partial charge on any atom is 0.472 e. The number of esters is 2. The van der Waals surface area contributed by atoms with Crippen molar-refractivity contribution >= 4 is 25.7 Å². The maximum absolute atomic E-state index is 12.6. The Morgan fingerprint density at radius 1 is 0.583 bits per heavy atom. The van der Waals surface area contributed by atoms with Crippen LogP contribution in [0.5, 0.6) is 0 Å². The average Bonchev–Trinajstić information content (AvgIpc) is 3.22. The van der Waals surface area contributed by atoms with Gasteiger partial charge in [0.25, 0.3) is 0 Å². The zero-order chi connectivity index (χ0) is 44.5. The number of carboxylic acid groups (broad SMARTS) is 1. The van der Waals surface area contributed by atoms with Gasteiger partial charge in [-0.15, -0.1) is 0 Å². The van der Waals surface area contributed by atoms with Gasteiger partial charge in [-0.2, -0.15) is 0 Å². The Morgan fingerprint density at radius 2 is 1.07 bits per heavy atom. The quantitative estimate of drug-likeness (QED) is 0.0168. The van der Waals surface area contributed by atoms with Crippen molar-refractivity contribution in [3.8, 4) is 0 Å². The van der Waals surface area contributed by atoms with Crippen LogP contribution < -0.4 is 5.73 Å². The van der Waals surface area contributed by atoms with E-state index >= 15 is 0 Å². The molecule has 0 aromatic heterocycles. The molecule has 60 heavy (non-hydrogen) atoms. The van der Waals surface area contributed by atoms with Crippen LogP contribution in [0.3, 0.4) is 0 Å². The van der Waals surface area contributed by atoms with E-state index in [0.29, 0.717) is 32.1 Å². The van der Waals surface area contributed by atoms with Gasteiger partial charge in [0, 0.05) is 12.8 Å². The van der Waals surface area contributed by atoms with Crippen LogP contribution in [-0.2, 0) is 37.5 Å². The highest BCUT2D eigenvalue weighted by atomic mass is 31.2. The van der Waals surface area contributed by atoms with Crippen molar-refractivity contribution < 1.29 is 57.7 Å². The minimum atomic E-state index is -4.76. The van der Waals surface area contributed by atoms with Gasteiger partial charge >= 0.3 is 25.7 Å². The number of aliphatic hydroxyl groups is 2. The molecule has 6 N–H and O–H groups in total. The molecule has 0 amide bonds. The second kappa shape index (κ2) is 39.9. The highest BCUT2D eigenvalue weighted by Gasteiger charge is 2.28. The van der Waals surface area contributed by atoms with E-state index in [1.165, 1.54) is 38.5 Å². The third-order valence-electron chi connectivity index (χ3n) is 9.21. The summed E-state index contributed by atoms with van der Waals surface area (Å²) in [7, 11) is -4.76. The smallest absolute Gasteiger partial charge is 0.472 e. The summed E-state index contributed by atoms with van der Waals surface area (Å²) < 4.78 is 32.6. The molecule has 0 radical (unpaired) electrons. The summed E-state index contributed by atoms with van der Waals surface area (Å²) in [4.78, 5) is 45.9. The van der Waals surface area contributed by atoms with E-state index in [1.807, 2.05) is 43.4 Å². The summed E-state index contributed by atoms with van der Waals surface area (Å²) in [6.07, 6.45) is 41.2. The summed E-state index contributed by atoms with van der Waals surface area (Å²) >= 11 is 0. The van der Waals surface area contributed by atoms with Gasteiger partial charge in [-0.3, -0.25) is 23.4 Å². The number of carbonyl (C=O) groups excluding carboxylic acids is 2. The van der Waals surface area contributed by atoms with Crippen LogP contribution in [0.1, 0.15) is 155 Å². The zero-order valence-corrected chi connectivity index (χ0v) is 37.4. The third kappa shape index (κ3) is 37.8. The highest BCUT2D eigenvalue weighted by Crippen LogP contribution is 2.43. The lowest BCUT2D eigenvalue weighted by atomic mass is 10.1. The molecule has 0 aromatic rings. The number of hydrogen-bond donors (Lipinski definition) is 5. The SMILES string of the molecule is CCCCCCCC/C=C\CCCCCCCC(=O)OCC(COP(=O)(O)OCC(N)C(=O)O)OC(=O)CC/C=C/C/C=C/C/C=C/C/C=C/C/C=C/CC(O)C(O)CC. The third-order valence-corrected chi connectivity index (χ3v) is 10.2. The summed E-state index contributed by atoms with van der Waals surface area (Å²) in [5, 5.41) is 28.2. The molecule has 0 saturated carbocycles. The monoisotopic (exact) mass is 868 g/mol. The van der Waals surface area contributed by atoms with Crippen molar-refractivity contribution in [2.45, 2.75) is 179 Å². The lowest BCUT2D eigenvalue weighted by molar-refractivity contribution is -0.161. The molecular weight excluding hydrogens is 789 g/mol. The Kier molecular flexibility index (Phi) is 37.8. The highest BCUT2D eigenvalue weighted by molar-refractivity contribution is 7.47. The van der Waals surface area contributed by atoms with Crippen molar-refractivity contribution in [2.24, 2.45) is 5.73 Å². The van der Waals surface area contributed by atoms with Crippen molar-refractivity contribution in [1.82, 2.24) is 0 Å². The number of allylic oxidation sites excluding steroid dienone is 11. The maximum atomic E-state index is 12.6. The molecular formula is C46H78NO12P. The van der Waals surface area contributed by atoms with E-state index in [-0.39, 0.29) is 12.8 Å². The Bertz CT molecular complexity index is 1330. The number of aliphatic carboxylic acids is 1. The molecule has 0 saturated heterocycles. The standard InChI is InChI=1S/C46H78NO12P/c1-3-5-6-7-8-9-10-11-13-17-20-23-26-29-32-35-44(50)56-37-40(38-57-60(54,55)58-39-41(47)46(52)53)59-45(51)36-33-30-27-24-21-18-15-12-14-16-19-22-25-28-31-34-43(49)42(48)4-2/h11-14,18-19,21-22,27-28,30-31,40-43,48-49H,3-10,15-17,20,23-26,29,32-39,47H2,1-2H3,(H,52,53)(H,54,55)/b13-11-,14-12+,21-18+,22-19+,30-27+,31-28+. The number of hydrogen-bond acceptors (Lipinski definition) is 11. The number of ether oxygens (including phenoxy) is 2. The predicted octanol–water partition coefficient (Wildman–Crippen LogP) is 9.67. The molecule has 0 heterocycles. The van der Waals surface area contributed by atoms with E-state index in [9.17, 15) is 34.1 Å². The number of phosphoric acid groups is 1. The number of phosphoric ester groups is 1. The normalized spacial score (nSPS) is 15.4. The molecule has 0 bridgehead atoms. The molecule has 0 aromatic carbocycles. The van der Waals surface area contributed by atoms with Crippen LogP contribution in [-0.4, -0.2) is 82.3 Å². The van der Waals surface area contributed by atoms with Crippen LogP contribution in [0.2, 0.25) is 0 Å². The van der Waals surface area contributed by atoms with Gasteiger partial charge in [-0.25, -0.2) is 4.57 Å². The minimum absolute atomic E-state index is 0.0102. The van der Waals surface area contributed by atoms with Crippen LogP contribution in [0.25, 0.3) is 0 Å². The first-order chi connectivity index (χ1) is 28.9. The molecule has 0 rings (SSSR count). The second-order valence-electron chi connectivity index (χ2n) is 14.8. The predicted molar refractivity (Wildman–Crippen MR) is 238 cm³/mol. The van der Waals surface area contributed by atoms with Gasteiger partial charge in [0.05, 0.1) is 25.4 Å². The van der Waals surface area contributed by atoms with Crippen LogP contribution in [0.15, 0.2) is 72.9 Å². The van der Waals surface area contributed by atoms with E-state index in [2.05, 4.69) is 47.9 Å². The lowest BCUT2D eigenvalue weighted by Crippen LogP contribution is -2.34. The minimum Gasteiger partial charge on any atom is -0.480 e. The Labute approximate surface area is 360 Å². The van der Waals surface area contributed by atoms with E-state index in [4.69, 9.17) is 24.8 Å². The number of aliphatic hydroxyl groups excluding tert-OH is 2. The van der Waals surface area contributed by atoms with Crippen LogP contribution in [0.4, 0.5) is 0 Å². The molecule has 14 heteroatoms. The largest absolute Gasteiger partial charge is 0.480 e. The van der Waals surface area contributed by atoms with E-state index in [0.717, 1.165) is 57.8 Å². The van der Waals surface area contributed by atoms with Gasteiger partial charge in [0.1, 0.15) is 12.6 Å². The fourth-order valence-corrected chi connectivity index (χ4v) is 6.27. The van der Waals surface area contributed by atoms with Crippen molar-refractivity contribution in [3.63, 3.8) is 0 Å². The van der Waals surface area contributed by atoms with Crippen molar-refractivity contribution in [3.05, 3.63) is 72.9 Å². The number of nitrogens with two attached hydrogens (primary N) is 1. The molecule has 0 aliphatic heterocycles. The van der Waals surface area contributed by atoms with Gasteiger partial charge in [-0.1, -0.05) is 138 Å². The number of carboxylic acids is 1. The first kappa shape index (κ1) is 56.8. The summed E-state index contributed by atoms with van der Waals surface area (Å²) in [6.45, 7) is 2.25. The lowest BCUT2D eigenvalue weighted by Gasteiger charge is -2.20. The van der Waals surface area contributed by atoms with Crippen molar-refractivity contribution in [1.29, 1.82) is 0 Å².